The van der Waals surface area contributed by atoms with E-state index in [1.165, 1.54) is 4.90 Å². The van der Waals surface area contributed by atoms with E-state index in [1.54, 1.807) is 65.8 Å². The van der Waals surface area contributed by atoms with Crippen molar-refractivity contribution in [2.24, 2.45) is 11.3 Å². The molecule has 1 aromatic carbocycles. The third kappa shape index (κ3) is 7.46. The van der Waals surface area contributed by atoms with Gasteiger partial charge in [0.15, 0.2) is 0 Å². The Bertz CT molecular complexity index is 1020. The first kappa shape index (κ1) is 28.5. The van der Waals surface area contributed by atoms with Gasteiger partial charge in [0, 0.05) is 18.6 Å². The number of rotatable bonds is 8. The fraction of sp³-hybridized carbons (Fsp3) is 0.643. The largest absolute Gasteiger partial charge is 0.444 e. The predicted octanol–water partition coefficient (Wildman–Crippen LogP) is 4.90. The predicted molar refractivity (Wildman–Crippen MR) is 139 cm³/mol. The molecule has 1 saturated carbocycles. The van der Waals surface area contributed by atoms with Gasteiger partial charge in [0.05, 0.1) is 11.1 Å². The van der Waals surface area contributed by atoms with Crippen molar-refractivity contribution in [3.8, 4) is 0 Å². The second kappa shape index (κ2) is 10.3. The lowest BCUT2D eigenvalue weighted by Gasteiger charge is -2.34. The van der Waals surface area contributed by atoms with Crippen molar-refractivity contribution in [1.29, 1.82) is 0 Å². The first-order valence-corrected chi connectivity index (χ1v) is 12.9. The van der Waals surface area contributed by atoms with Crippen LogP contribution in [0.15, 0.2) is 24.3 Å². The van der Waals surface area contributed by atoms with Gasteiger partial charge in [-0.2, -0.15) is 0 Å². The lowest BCUT2D eigenvalue weighted by molar-refractivity contribution is 0.0415. The zero-order valence-electron chi connectivity index (χ0n) is 23.3. The number of hydrogen-bond donors (Lipinski definition) is 2. The summed E-state index contributed by atoms with van der Waals surface area (Å²) in [6.07, 6.45) is 1.20. The highest BCUT2D eigenvalue weighted by atomic mass is 16.6. The Hall–Kier alpha value is -3.10. The number of ether oxygens (including phenoxy) is 2. The molecule has 0 spiro atoms. The summed E-state index contributed by atoms with van der Waals surface area (Å²) < 4.78 is 10.9. The van der Waals surface area contributed by atoms with Gasteiger partial charge in [-0.25, -0.2) is 9.59 Å². The second-order valence-corrected chi connectivity index (χ2v) is 12.6. The van der Waals surface area contributed by atoms with Gasteiger partial charge in [0.1, 0.15) is 11.2 Å². The number of carbonyl (C=O) groups is 4. The number of amides is 4. The van der Waals surface area contributed by atoms with Crippen LogP contribution in [0.5, 0.6) is 0 Å². The molecule has 204 valence electrons. The quantitative estimate of drug-likeness (QED) is 0.476. The van der Waals surface area contributed by atoms with Crippen molar-refractivity contribution in [2.75, 3.05) is 6.54 Å². The van der Waals surface area contributed by atoms with Crippen molar-refractivity contribution < 1.29 is 28.7 Å². The second-order valence-electron chi connectivity index (χ2n) is 12.6. The number of fused-ring (bicyclic) bond motifs is 1. The average Bonchev–Trinajstić information content (AvgIpc) is 3.45. The van der Waals surface area contributed by atoms with Crippen molar-refractivity contribution in [1.82, 2.24) is 15.5 Å². The van der Waals surface area contributed by atoms with Crippen molar-refractivity contribution in [2.45, 2.75) is 97.9 Å². The van der Waals surface area contributed by atoms with Gasteiger partial charge in [-0.05, 0) is 91.2 Å². The molecule has 0 radical (unpaired) electrons. The molecule has 1 aliphatic carbocycles. The fourth-order valence-electron chi connectivity index (χ4n) is 4.50. The Kier molecular flexibility index (Phi) is 7.96. The molecule has 4 amide bonds. The lowest BCUT2D eigenvalue weighted by Crippen LogP contribution is -2.50. The third-order valence-electron chi connectivity index (χ3n) is 6.86. The number of alkyl carbamates (subject to hydrolysis) is 2. The van der Waals surface area contributed by atoms with Crippen molar-refractivity contribution in [3.05, 3.63) is 35.4 Å². The van der Waals surface area contributed by atoms with Gasteiger partial charge in [0.25, 0.3) is 11.8 Å². The number of nitrogens with one attached hydrogen (secondary N) is 2. The van der Waals surface area contributed by atoms with Crippen LogP contribution in [0.2, 0.25) is 0 Å². The first-order chi connectivity index (χ1) is 17.0. The van der Waals surface area contributed by atoms with Crippen molar-refractivity contribution >= 4 is 24.0 Å². The average molecular weight is 516 g/mol. The van der Waals surface area contributed by atoms with Crippen LogP contribution in [0, 0.1) is 11.3 Å². The van der Waals surface area contributed by atoms with Gasteiger partial charge in [-0.1, -0.05) is 19.1 Å². The van der Waals surface area contributed by atoms with Gasteiger partial charge < -0.3 is 20.1 Å². The molecule has 2 aliphatic rings. The molecule has 0 saturated heterocycles. The van der Waals surface area contributed by atoms with Crippen LogP contribution in [0.1, 0.15) is 95.4 Å². The van der Waals surface area contributed by atoms with E-state index in [0.29, 0.717) is 17.5 Å². The Labute approximate surface area is 219 Å². The molecule has 3 rings (SSSR count). The number of imide groups is 1. The summed E-state index contributed by atoms with van der Waals surface area (Å²) in [5.74, 6) is -1.07. The normalized spacial score (nSPS) is 19.0. The molecule has 1 aliphatic heterocycles. The summed E-state index contributed by atoms with van der Waals surface area (Å²) >= 11 is 0. The summed E-state index contributed by atoms with van der Waals surface area (Å²) in [6.45, 7) is 14.8. The SMILES string of the molecule is C[C@@H](NC(=O)OC(C)(C)C)[C@@H](CC(NC(=O)OC(C)(C)C)C1(C)CC1)CN1C(=O)c2ccccc2C1=O. The monoisotopic (exact) mass is 515 g/mol. The number of nitrogens with zero attached hydrogens (tertiary/aromatic N) is 1. The van der Waals surface area contributed by atoms with Gasteiger partial charge >= 0.3 is 12.2 Å². The van der Waals surface area contributed by atoms with E-state index in [4.69, 9.17) is 9.47 Å². The summed E-state index contributed by atoms with van der Waals surface area (Å²) in [5, 5.41) is 5.90. The van der Waals surface area contributed by atoms with E-state index < -0.39 is 29.4 Å². The van der Waals surface area contributed by atoms with Crippen LogP contribution in [0.25, 0.3) is 0 Å². The zero-order valence-corrected chi connectivity index (χ0v) is 23.3. The summed E-state index contributed by atoms with van der Waals surface area (Å²) in [5.41, 5.74) is -0.718. The number of carbonyl (C=O) groups excluding carboxylic acids is 4. The highest BCUT2D eigenvalue weighted by Gasteiger charge is 2.48. The smallest absolute Gasteiger partial charge is 0.407 e. The van der Waals surface area contributed by atoms with Crippen LogP contribution in [0.3, 0.4) is 0 Å². The standard InChI is InChI=1S/C28H41N3O6/c1-17(29-24(34)36-26(2,3)4)18(16-31-22(32)19-11-9-10-12-20(19)23(31)33)15-21(28(8)13-14-28)30-25(35)37-27(5,6)7/h9-12,17-18,21H,13-16H2,1-8H3,(H,29,34)(H,30,35)/t17-,18+,21?/m1/s1. The van der Waals surface area contributed by atoms with Crippen LogP contribution in [-0.4, -0.2) is 58.7 Å². The molecule has 3 atom stereocenters. The first-order valence-electron chi connectivity index (χ1n) is 12.9. The molecule has 1 heterocycles. The minimum absolute atomic E-state index is 0.0892. The third-order valence-corrected chi connectivity index (χ3v) is 6.86. The van der Waals surface area contributed by atoms with E-state index in [-0.39, 0.29) is 35.7 Å². The maximum Gasteiger partial charge on any atom is 0.407 e. The summed E-state index contributed by atoms with van der Waals surface area (Å²) in [6, 6.07) is 6.02. The molecule has 1 fully saturated rings. The molecule has 9 heteroatoms. The van der Waals surface area contributed by atoms with E-state index in [2.05, 4.69) is 17.6 Å². The van der Waals surface area contributed by atoms with Crippen LogP contribution >= 0.6 is 0 Å². The molecular weight excluding hydrogens is 474 g/mol. The zero-order chi connectivity index (χ0) is 27.8. The van der Waals surface area contributed by atoms with Gasteiger partial charge in [-0.3, -0.25) is 14.5 Å². The highest BCUT2D eigenvalue weighted by Crippen LogP contribution is 2.50. The lowest BCUT2D eigenvalue weighted by atomic mass is 9.85. The van der Waals surface area contributed by atoms with Crippen LogP contribution < -0.4 is 10.6 Å². The molecule has 1 aromatic rings. The molecule has 0 bridgehead atoms. The minimum atomic E-state index is -0.676. The van der Waals surface area contributed by atoms with Gasteiger partial charge in [-0.15, -0.1) is 0 Å². The summed E-state index contributed by atoms with van der Waals surface area (Å²) in [7, 11) is 0. The van der Waals surface area contributed by atoms with Crippen LogP contribution in [0.4, 0.5) is 9.59 Å². The Morgan fingerprint density at radius 2 is 1.38 bits per heavy atom. The molecular formula is C28H41N3O6. The van der Waals surface area contributed by atoms with E-state index >= 15 is 0 Å². The van der Waals surface area contributed by atoms with E-state index in [9.17, 15) is 19.2 Å². The maximum atomic E-state index is 13.1. The highest BCUT2D eigenvalue weighted by molar-refractivity contribution is 6.21. The Morgan fingerprint density at radius 1 is 0.919 bits per heavy atom. The number of hydrogen-bond acceptors (Lipinski definition) is 6. The molecule has 9 nitrogen and oxygen atoms in total. The summed E-state index contributed by atoms with van der Waals surface area (Å²) in [4.78, 5) is 52.7. The van der Waals surface area contributed by atoms with E-state index in [0.717, 1.165) is 12.8 Å². The topological polar surface area (TPSA) is 114 Å². The molecule has 1 unspecified atom stereocenters. The van der Waals surface area contributed by atoms with E-state index in [1.807, 2.05) is 6.92 Å². The minimum Gasteiger partial charge on any atom is -0.444 e. The van der Waals surface area contributed by atoms with Crippen LogP contribution in [-0.2, 0) is 9.47 Å². The molecule has 2 N–H and O–H groups in total. The molecule has 0 aromatic heterocycles. The van der Waals surface area contributed by atoms with Crippen molar-refractivity contribution in [3.63, 3.8) is 0 Å². The van der Waals surface area contributed by atoms with Gasteiger partial charge in [0.2, 0.25) is 0 Å². The Balaban J connectivity index is 1.83. The number of benzene rings is 1. The maximum absolute atomic E-state index is 13.1. The molecule has 37 heavy (non-hydrogen) atoms. The fourth-order valence-corrected chi connectivity index (χ4v) is 4.50. The Morgan fingerprint density at radius 3 is 1.81 bits per heavy atom.